The van der Waals surface area contributed by atoms with Gasteiger partial charge in [-0.05, 0) is 19.5 Å². The van der Waals surface area contributed by atoms with Crippen molar-refractivity contribution in [2.24, 2.45) is 0 Å². The molecule has 0 spiro atoms. The van der Waals surface area contributed by atoms with Crippen LogP contribution in [0.4, 0.5) is 0 Å². The third-order valence-electron chi connectivity index (χ3n) is 3.16. The Kier molecular flexibility index (Phi) is 6.12. The number of rotatable bonds is 7. The van der Waals surface area contributed by atoms with E-state index in [1.165, 1.54) is 0 Å². The van der Waals surface area contributed by atoms with Crippen LogP contribution in [0.15, 0.2) is 30.3 Å². The van der Waals surface area contributed by atoms with Crippen LogP contribution in [0.1, 0.15) is 17.0 Å². The van der Waals surface area contributed by atoms with Crippen LogP contribution in [0.5, 0.6) is 5.88 Å². The number of halogens is 1. The molecule has 0 saturated carbocycles. The van der Waals surface area contributed by atoms with Gasteiger partial charge in [0, 0.05) is 13.1 Å². The minimum absolute atomic E-state index is 0.0844. The van der Waals surface area contributed by atoms with Crippen LogP contribution < -0.4 is 4.74 Å². The fourth-order valence-corrected chi connectivity index (χ4v) is 2.30. The number of ether oxygens (including phenoxy) is 1. The summed E-state index contributed by atoms with van der Waals surface area (Å²) in [4.78, 5) is 10.5. The second-order valence-electron chi connectivity index (χ2n) is 5.08. The molecule has 0 atom stereocenters. The third kappa shape index (κ3) is 4.66. The van der Waals surface area contributed by atoms with Crippen molar-refractivity contribution in [3.63, 3.8) is 0 Å². The molecule has 0 radical (unpaired) electrons. The van der Waals surface area contributed by atoms with E-state index in [0.29, 0.717) is 36.6 Å². The maximum atomic E-state index is 9.01. The number of likely N-dealkylation sites (N-methyl/N-ethyl adjacent to an activating group) is 1. The van der Waals surface area contributed by atoms with E-state index in [0.717, 1.165) is 11.1 Å². The lowest BCUT2D eigenvalue weighted by Gasteiger charge is -2.18. The summed E-state index contributed by atoms with van der Waals surface area (Å²) in [6.45, 7) is 3.35. The maximum Gasteiger partial charge on any atom is 0.223 e. The average molecular weight is 322 g/mol. The molecule has 1 aromatic heterocycles. The fraction of sp³-hybridized carbons (Fsp3) is 0.375. The Bertz CT molecular complexity index is 608. The summed E-state index contributed by atoms with van der Waals surface area (Å²) in [6, 6.07) is 9.88. The summed E-state index contributed by atoms with van der Waals surface area (Å²) in [7, 11) is 1.90. The third-order valence-corrected chi connectivity index (χ3v) is 3.47. The molecule has 0 bridgehead atoms. The van der Waals surface area contributed by atoms with Gasteiger partial charge in [-0.2, -0.15) is 4.98 Å². The van der Waals surface area contributed by atoms with E-state index in [4.69, 9.17) is 21.4 Å². The van der Waals surface area contributed by atoms with Gasteiger partial charge in [0.1, 0.15) is 17.6 Å². The van der Waals surface area contributed by atoms with Crippen LogP contribution in [-0.2, 0) is 13.2 Å². The van der Waals surface area contributed by atoms with Gasteiger partial charge in [-0.25, -0.2) is 4.98 Å². The van der Waals surface area contributed by atoms with Gasteiger partial charge in [-0.15, -0.1) is 0 Å². The number of hydrogen-bond acceptors (Lipinski definition) is 5. The van der Waals surface area contributed by atoms with Gasteiger partial charge in [0.2, 0.25) is 5.88 Å². The van der Waals surface area contributed by atoms with Crippen molar-refractivity contribution in [3.8, 4) is 5.88 Å². The summed E-state index contributed by atoms with van der Waals surface area (Å²) >= 11 is 6.24. The average Bonchev–Trinajstić information content (AvgIpc) is 2.49. The first kappa shape index (κ1) is 16.7. The first-order chi connectivity index (χ1) is 10.6. The van der Waals surface area contributed by atoms with E-state index in [1.54, 1.807) is 6.92 Å². The van der Waals surface area contributed by atoms with Crippen molar-refractivity contribution < 1.29 is 9.84 Å². The Balaban J connectivity index is 2.17. The molecule has 0 unspecified atom stereocenters. The lowest BCUT2D eigenvalue weighted by atomic mass is 10.2. The first-order valence-electron chi connectivity index (χ1n) is 7.09. The Labute approximate surface area is 135 Å². The molecule has 1 N–H and O–H groups in total. The second kappa shape index (κ2) is 8.08. The van der Waals surface area contributed by atoms with Crippen molar-refractivity contribution >= 4 is 11.6 Å². The molecule has 0 amide bonds. The number of aromatic nitrogens is 2. The quantitative estimate of drug-likeness (QED) is 0.794. The zero-order valence-corrected chi connectivity index (χ0v) is 13.5. The molecule has 5 nitrogen and oxygen atoms in total. The molecule has 0 saturated heterocycles. The summed E-state index contributed by atoms with van der Waals surface area (Å²) in [6.07, 6.45) is 0. The minimum Gasteiger partial charge on any atom is -0.472 e. The number of aliphatic hydroxyl groups is 1. The molecule has 0 aliphatic heterocycles. The summed E-state index contributed by atoms with van der Waals surface area (Å²) in [5.41, 5.74) is 1.80. The van der Waals surface area contributed by atoms with E-state index in [9.17, 15) is 0 Å². The predicted molar refractivity (Wildman–Crippen MR) is 86.0 cm³/mol. The Morgan fingerprint density at radius 1 is 1.23 bits per heavy atom. The van der Waals surface area contributed by atoms with Crippen LogP contribution in [0.25, 0.3) is 0 Å². The van der Waals surface area contributed by atoms with Gasteiger partial charge in [0.05, 0.1) is 12.2 Å². The van der Waals surface area contributed by atoms with Crippen LogP contribution in [0.2, 0.25) is 5.15 Å². The molecule has 118 valence electrons. The maximum absolute atomic E-state index is 9.01. The molecular formula is C16H20ClN3O2. The highest BCUT2D eigenvalue weighted by Crippen LogP contribution is 2.25. The smallest absolute Gasteiger partial charge is 0.223 e. The summed E-state index contributed by atoms with van der Waals surface area (Å²) in [5.74, 6) is 1.06. The van der Waals surface area contributed by atoms with Crippen molar-refractivity contribution in [2.75, 3.05) is 20.2 Å². The number of hydrogen-bond donors (Lipinski definition) is 1. The highest BCUT2D eigenvalue weighted by atomic mass is 35.5. The second-order valence-corrected chi connectivity index (χ2v) is 5.44. The summed E-state index contributed by atoms with van der Waals surface area (Å²) in [5, 5.41) is 9.40. The zero-order chi connectivity index (χ0) is 15.9. The van der Waals surface area contributed by atoms with E-state index in [2.05, 4.69) is 9.97 Å². The molecule has 0 aliphatic carbocycles. The highest BCUT2D eigenvalue weighted by molar-refractivity contribution is 6.30. The van der Waals surface area contributed by atoms with Crippen LogP contribution in [0, 0.1) is 6.92 Å². The van der Waals surface area contributed by atoms with Crippen molar-refractivity contribution in [2.45, 2.75) is 20.1 Å². The molecular weight excluding hydrogens is 302 g/mol. The largest absolute Gasteiger partial charge is 0.472 e. The van der Waals surface area contributed by atoms with E-state index in [-0.39, 0.29) is 6.61 Å². The molecule has 1 aromatic carbocycles. The number of nitrogens with zero attached hydrogens (tertiary/aromatic N) is 3. The topological polar surface area (TPSA) is 58.5 Å². The number of aryl methyl sites for hydroxylation is 1. The van der Waals surface area contributed by atoms with Gasteiger partial charge in [-0.3, -0.25) is 4.90 Å². The SMILES string of the molecule is Cc1nc(Cl)c(CN(C)CCO)c(OCc2ccccc2)n1. The van der Waals surface area contributed by atoms with Gasteiger partial charge in [-0.1, -0.05) is 41.9 Å². The standard InChI is InChI=1S/C16H20ClN3O2/c1-12-18-15(17)14(10-20(2)8-9-21)16(19-12)22-11-13-6-4-3-5-7-13/h3-7,21H,8-11H2,1-2H3. The van der Waals surface area contributed by atoms with E-state index >= 15 is 0 Å². The molecule has 6 heteroatoms. The Hall–Kier alpha value is -1.69. The number of aliphatic hydroxyl groups excluding tert-OH is 1. The van der Waals surface area contributed by atoms with Gasteiger partial charge in [0.25, 0.3) is 0 Å². The lowest BCUT2D eigenvalue weighted by molar-refractivity contribution is 0.213. The van der Waals surface area contributed by atoms with Crippen molar-refractivity contribution in [1.82, 2.24) is 14.9 Å². The Morgan fingerprint density at radius 3 is 2.64 bits per heavy atom. The Morgan fingerprint density at radius 2 is 1.95 bits per heavy atom. The predicted octanol–water partition coefficient (Wildman–Crippen LogP) is 2.44. The monoisotopic (exact) mass is 321 g/mol. The van der Waals surface area contributed by atoms with E-state index < -0.39 is 0 Å². The van der Waals surface area contributed by atoms with Crippen LogP contribution >= 0.6 is 11.6 Å². The molecule has 1 heterocycles. The van der Waals surface area contributed by atoms with Gasteiger partial charge >= 0.3 is 0 Å². The zero-order valence-electron chi connectivity index (χ0n) is 12.8. The summed E-state index contributed by atoms with van der Waals surface area (Å²) < 4.78 is 5.84. The molecule has 0 aliphatic rings. The van der Waals surface area contributed by atoms with Gasteiger partial charge < -0.3 is 9.84 Å². The molecule has 2 rings (SSSR count). The molecule has 2 aromatic rings. The van der Waals surface area contributed by atoms with E-state index in [1.807, 2.05) is 42.3 Å². The van der Waals surface area contributed by atoms with Crippen LogP contribution in [-0.4, -0.2) is 40.2 Å². The van der Waals surface area contributed by atoms with Crippen molar-refractivity contribution in [1.29, 1.82) is 0 Å². The highest BCUT2D eigenvalue weighted by Gasteiger charge is 2.15. The molecule has 22 heavy (non-hydrogen) atoms. The normalized spacial score (nSPS) is 11.0. The molecule has 0 fully saturated rings. The number of benzene rings is 1. The van der Waals surface area contributed by atoms with Gasteiger partial charge in [0.15, 0.2) is 0 Å². The van der Waals surface area contributed by atoms with Crippen molar-refractivity contribution in [3.05, 3.63) is 52.4 Å². The first-order valence-corrected chi connectivity index (χ1v) is 7.47. The van der Waals surface area contributed by atoms with Crippen LogP contribution in [0.3, 0.4) is 0 Å². The fourth-order valence-electron chi connectivity index (χ4n) is 2.04. The lowest BCUT2D eigenvalue weighted by Crippen LogP contribution is -2.22. The minimum atomic E-state index is 0.0844.